The number of aromatic nitrogens is 2. The molecule has 3 rings (SSSR count). The maximum Gasteiger partial charge on any atom is 0.184 e. The van der Waals surface area contributed by atoms with Crippen molar-refractivity contribution in [1.29, 1.82) is 0 Å². The number of anilines is 1. The minimum Gasteiger partial charge on any atom is -0.394 e. The number of hydrogen-bond donors (Lipinski definition) is 4. The van der Waals surface area contributed by atoms with E-state index in [1.165, 1.54) is 17.7 Å². The average Bonchev–Trinajstić information content (AvgIpc) is 3.01. The van der Waals surface area contributed by atoms with Crippen LogP contribution in [0.3, 0.4) is 0 Å². The Kier molecular flexibility index (Phi) is 3.32. The zero-order chi connectivity index (χ0) is 15.2. The summed E-state index contributed by atoms with van der Waals surface area (Å²) in [5.74, 6) is 2.49. The molecule has 8 heteroatoms. The molecule has 0 unspecified atom stereocenters. The maximum atomic E-state index is 10.5. The SMILES string of the molecule is C#C[C@@]1(O)[C@H](O)[C@@H](CO)O[C@H]1c1csc2c(N)ncnc12. The fraction of sp³-hybridized carbons (Fsp3) is 0.385. The maximum absolute atomic E-state index is 10.5. The fourth-order valence-corrected chi connectivity index (χ4v) is 3.41. The number of fused-ring (bicyclic) bond motifs is 1. The summed E-state index contributed by atoms with van der Waals surface area (Å²) in [6.07, 6.45) is 3.31. The predicted octanol–water partition coefficient (Wildman–Crippen LogP) is -0.569. The van der Waals surface area contributed by atoms with E-state index in [4.69, 9.17) is 16.9 Å². The van der Waals surface area contributed by atoms with Crippen molar-refractivity contribution in [2.24, 2.45) is 0 Å². The van der Waals surface area contributed by atoms with Gasteiger partial charge < -0.3 is 25.8 Å². The highest BCUT2D eigenvalue weighted by molar-refractivity contribution is 7.17. The van der Waals surface area contributed by atoms with Crippen molar-refractivity contribution in [2.45, 2.75) is 23.9 Å². The third-order valence-electron chi connectivity index (χ3n) is 3.62. The first-order chi connectivity index (χ1) is 10.0. The number of aliphatic hydroxyl groups excluding tert-OH is 2. The van der Waals surface area contributed by atoms with Crippen molar-refractivity contribution in [2.75, 3.05) is 12.3 Å². The van der Waals surface area contributed by atoms with E-state index >= 15 is 0 Å². The van der Waals surface area contributed by atoms with Crippen LogP contribution in [0.2, 0.25) is 0 Å². The van der Waals surface area contributed by atoms with Gasteiger partial charge in [-0.25, -0.2) is 9.97 Å². The first-order valence-corrected chi connectivity index (χ1v) is 7.03. The third kappa shape index (κ3) is 1.91. The van der Waals surface area contributed by atoms with Crippen LogP contribution in [0.25, 0.3) is 10.2 Å². The number of nitrogen functional groups attached to an aromatic ring is 1. The van der Waals surface area contributed by atoms with Gasteiger partial charge in [-0.05, 0) is 5.38 Å². The smallest absolute Gasteiger partial charge is 0.184 e. The molecule has 0 spiro atoms. The van der Waals surface area contributed by atoms with E-state index in [2.05, 4.69) is 15.9 Å². The van der Waals surface area contributed by atoms with Crippen LogP contribution >= 0.6 is 11.3 Å². The molecule has 1 aliphatic rings. The number of aliphatic hydroxyl groups is 3. The average molecular weight is 307 g/mol. The van der Waals surface area contributed by atoms with Gasteiger partial charge in [0.1, 0.15) is 30.5 Å². The molecule has 1 aliphatic heterocycles. The first-order valence-electron chi connectivity index (χ1n) is 6.15. The second kappa shape index (κ2) is 4.91. The lowest BCUT2D eigenvalue weighted by molar-refractivity contribution is -0.0330. The molecule has 4 atom stereocenters. The summed E-state index contributed by atoms with van der Waals surface area (Å²) in [5, 5.41) is 31.5. The molecule has 0 aromatic carbocycles. The molecule has 3 heterocycles. The van der Waals surface area contributed by atoms with E-state index in [1.54, 1.807) is 5.38 Å². The molecule has 0 aliphatic carbocycles. The lowest BCUT2D eigenvalue weighted by atomic mass is 9.88. The molecule has 7 nitrogen and oxygen atoms in total. The second-order valence-electron chi connectivity index (χ2n) is 4.78. The lowest BCUT2D eigenvalue weighted by Crippen LogP contribution is -2.44. The van der Waals surface area contributed by atoms with Gasteiger partial charge >= 0.3 is 0 Å². The molecular weight excluding hydrogens is 294 g/mol. The van der Waals surface area contributed by atoms with Gasteiger partial charge in [-0.1, -0.05) is 5.92 Å². The van der Waals surface area contributed by atoms with Gasteiger partial charge in [-0.3, -0.25) is 0 Å². The van der Waals surface area contributed by atoms with Crippen molar-refractivity contribution in [3.63, 3.8) is 0 Å². The molecule has 0 radical (unpaired) electrons. The Bertz CT molecular complexity index is 728. The Labute approximate surface area is 124 Å². The Morgan fingerprint density at radius 2 is 2.29 bits per heavy atom. The van der Waals surface area contributed by atoms with Gasteiger partial charge in [0.05, 0.1) is 16.8 Å². The standard InChI is InChI=1S/C13H13N3O4S/c1-2-13(19)10(18)7(3-17)20-11(13)6-4-21-9-8(6)15-5-16-12(9)14/h1,4-5,7,10-11,17-19H,3H2,(H2,14,15,16)/t7-,10-,11+,13-/m1/s1. The molecule has 0 bridgehead atoms. The van der Waals surface area contributed by atoms with Crippen molar-refractivity contribution >= 4 is 27.4 Å². The lowest BCUT2D eigenvalue weighted by Gasteiger charge is -2.25. The van der Waals surface area contributed by atoms with Crippen molar-refractivity contribution < 1.29 is 20.1 Å². The molecule has 110 valence electrons. The van der Waals surface area contributed by atoms with Crippen LogP contribution in [0.4, 0.5) is 5.82 Å². The largest absolute Gasteiger partial charge is 0.394 e. The summed E-state index contributed by atoms with van der Waals surface area (Å²) in [4.78, 5) is 8.03. The predicted molar refractivity (Wildman–Crippen MR) is 76.3 cm³/mol. The molecule has 0 amide bonds. The van der Waals surface area contributed by atoms with Crippen LogP contribution < -0.4 is 5.73 Å². The van der Waals surface area contributed by atoms with Gasteiger partial charge in [0.2, 0.25) is 0 Å². The van der Waals surface area contributed by atoms with Crippen LogP contribution in [0.5, 0.6) is 0 Å². The quantitative estimate of drug-likeness (QED) is 0.548. The normalized spacial score (nSPS) is 32.4. The van der Waals surface area contributed by atoms with Crippen LogP contribution in [-0.4, -0.2) is 49.7 Å². The van der Waals surface area contributed by atoms with E-state index in [0.717, 1.165) is 0 Å². The summed E-state index contributed by atoms with van der Waals surface area (Å²) in [7, 11) is 0. The highest BCUT2D eigenvalue weighted by Crippen LogP contribution is 2.45. The number of rotatable bonds is 2. The molecular formula is C13H13N3O4S. The van der Waals surface area contributed by atoms with Crippen LogP contribution in [-0.2, 0) is 4.74 Å². The number of thiophene rings is 1. The highest BCUT2D eigenvalue weighted by Gasteiger charge is 2.55. The number of ether oxygens (including phenoxy) is 1. The molecule has 0 saturated carbocycles. The summed E-state index contributed by atoms with van der Waals surface area (Å²) >= 11 is 1.29. The monoisotopic (exact) mass is 307 g/mol. The van der Waals surface area contributed by atoms with Crippen LogP contribution in [0.15, 0.2) is 11.7 Å². The van der Waals surface area contributed by atoms with Gasteiger partial charge in [0.15, 0.2) is 5.60 Å². The Morgan fingerprint density at radius 3 is 2.95 bits per heavy atom. The molecule has 2 aromatic heterocycles. The highest BCUT2D eigenvalue weighted by atomic mass is 32.1. The molecule has 1 fully saturated rings. The summed E-state index contributed by atoms with van der Waals surface area (Å²) in [5.41, 5.74) is 4.86. The van der Waals surface area contributed by atoms with Crippen LogP contribution in [0, 0.1) is 12.3 Å². The van der Waals surface area contributed by atoms with Crippen molar-refractivity contribution in [3.05, 3.63) is 17.3 Å². The van der Waals surface area contributed by atoms with E-state index in [-0.39, 0.29) is 0 Å². The first kappa shape index (κ1) is 14.2. The third-order valence-corrected chi connectivity index (χ3v) is 4.63. The molecule has 1 saturated heterocycles. The summed E-state index contributed by atoms with van der Waals surface area (Å²) < 4.78 is 6.19. The van der Waals surface area contributed by atoms with Gasteiger partial charge in [-0.2, -0.15) is 0 Å². The van der Waals surface area contributed by atoms with E-state index in [0.29, 0.717) is 21.6 Å². The summed E-state index contributed by atoms with van der Waals surface area (Å²) in [6.45, 7) is -0.457. The molecule has 5 N–H and O–H groups in total. The molecule has 2 aromatic rings. The zero-order valence-electron chi connectivity index (χ0n) is 10.8. The van der Waals surface area contributed by atoms with Crippen molar-refractivity contribution in [1.82, 2.24) is 9.97 Å². The van der Waals surface area contributed by atoms with E-state index in [9.17, 15) is 15.3 Å². The van der Waals surface area contributed by atoms with E-state index in [1.807, 2.05) is 0 Å². The number of hydrogen-bond acceptors (Lipinski definition) is 8. The van der Waals surface area contributed by atoms with Gasteiger partial charge in [0.25, 0.3) is 0 Å². The second-order valence-corrected chi connectivity index (χ2v) is 5.66. The van der Waals surface area contributed by atoms with Crippen LogP contribution in [0.1, 0.15) is 11.7 Å². The fourth-order valence-electron chi connectivity index (χ4n) is 2.48. The summed E-state index contributed by atoms with van der Waals surface area (Å²) in [6, 6.07) is 0. The topological polar surface area (TPSA) is 122 Å². The number of nitrogens with two attached hydrogens (primary N) is 1. The minimum absolute atomic E-state index is 0.317. The number of nitrogens with zero attached hydrogens (tertiary/aromatic N) is 2. The molecule has 21 heavy (non-hydrogen) atoms. The Hall–Kier alpha value is -1.76. The van der Waals surface area contributed by atoms with Gasteiger partial charge in [-0.15, -0.1) is 17.8 Å². The Morgan fingerprint density at radius 1 is 1.52 bits per heavy atom. The Balaban J connectivity index is 2.14. The minimum atomic E-state index is -1.94. The van der Waals surface area contributed by atoms with Gasteiger partial charge in [0, 0.05) is 5.56 Å². The zero-order valence-corrected chi connectivity index (χ0v) is 11.6. The number of terminal acetylenes is 1. The van der Waals surface area contributed by atoms with E-state index < -0.39 is 30.5 Å². The van der Waals surface area contributed by atoms with Crippen molar-refractivity contribution in [3.8, 4) is 12.3 Å².